The molecule has 0 bridgehead atoms. The summed E-state index contributed by atoms with van der Waals surface area (Å²) in [4.78, 5) is 12.7. The predicted octanol–water partition coefficient (Wildman–Crippen LogP) is 4.21. The molecule has 1 aromatic heterocycles. The van der Waals surface area contributed by atoms with E-state index in [2.05, 4.69) is 20.9 Å². The van der Waals surface area contributed by atoms with Gasteiger partial charge < -0.3 is 19.5 Å². The summed E-state index contributed by atoms with van der Waals surface area (Å²) in [6, 6.07) is 18.2. The SMILES string of the molecule is COc1ccccc1NC(=S)N1CCn2cccc2[C@H]1c1ccc([N+](=O)[O-])cc1. The van der Waals surface area contributed by atoms with E-state index in [1.807, 2.05) is 36.5 Å². The molecule has 0 amide bonds. The number of aromatic nitrogens is 1. The normalized spacial score (nSPS) is 15.5. The van der Waals surface area contributed by atoms with Crippen molar-refractivity contribution in [2.75, 3.05) is 19.0 Å². The van der Waals surface area contributed by atoms with Gasteiger partial charge in [-0.25, -0.2) is 0 Å². The number of nitrogens with one attached hydrogen (secondary N) is 1. The first kappa shape index (κ1) is 18.9. The van der Waals surface area contributed by atoms with Crippen LogP contribution in [0.2, 0.25) is 0 Å². The Morgan fingerprint density at radius 3 is 2.62 bits per heavy atom. The third-order valence-electron chi connectivity index (χ3n) is 5.07. The van der Waals surface area contributed by atoms with Crippen LogP contribution < -0.4 is 10.1 Å². The van der Waals surface area contributed by atoms with Crippen molar-refractivity contribution in [2.45, 2.75) is 12.6 Å². The molecule has 8 heteroatoms. The number of hydrogen-bond donors (Lipinski definition) is 1. The van der Waals surface area contributed by atoms with E-state index in [0.29, 0.717) is 17.4 Å². The molecule has 1 aliphatic rings. The van der Waals surface area contributed by atoms with Crippen LogP contribution in [0.1, 0.15) is 17.3 Å². The lowest BCUT2D eigenvalue weighted by Gasteiger charge is -2.39. The van der Waals surface area contributed by atoms with Gasteiger partial charge in [-0.3, -0.25) is 10.1 Å². The van der Waals surface area contributed by atoms with Gasteiger partial charge in [-0.05, 0) is 54.2 Å². The summed E-state index contributed by atoms with van der Waals surface area (Å²) in [6.45, 7) is 1.52. The number of nitrogens with zero attached hydrogens (tertiary/aromatic N) is 3. The molecule has 0 spiro atoms. The molecule has 0 unspecified atom stereocenters. The second kappa shape index (κ2) is 7.92. The largest absolute Gasteiger partial charge is 0.495 e. The van der Waals surface area contributed by atoms with Gasteiger partial charge in [-0.2, -0.15) is 0 Å². The van der Waals surface area contributed by atoms with Gasteiger partial charge in [0.05, 0.1) is 23.8 Å². The van der Waals surface area contributed by atoms with Crippen LogP contribution in [0, 0.1) is 10.1 Å². The Kier molecular flexibility index (Phi) is 5.18. The Bertz CT molecular complexity index is 1050. The molecule has 148 valence electrons. The van der Waals surface area contributed by atoms with Crippen LogP contribution in [0.5, 0.6) is 5.75 Å². The molecule has 0 saturated carbocycles. The van der Waals surface area contributed by atoms with Crippen molar-refractivity contribution in [3.63, 3.8) is 0 Å². The zero-order valence-corrected chi connectivity index (χ0v) is 16.6. The van der Waals surface area contributed by atoms with E-state index < -0.39 is 0 Å². The number of anilines is 1. The lowest BCUT2D eigenvalue weighted by Crippen LogP contribution is -2.44. The van der Waals surface area contributed by atoms with Crippen LogP contribution in [0.3, 0.4) is 0 Å². The molecule has 2 aromatic carbocycles. The first-order valence-corrected chi connectivity index (χ1v) is 9.59. The van der Waals surface area contributed by atoms with Crippen LogP contribution >= 0.6 is 12.2 Å². The average Bonchev–Trinajstić information content (AvgIpc) is 3.22. The summed E-state index contributed by atoms with van der Waals surface area (Å²) in [6.07, 6.45) is 2.04. The van der Waals surface area contributed by atoms with Gasteiger partial charge in [-0.1, -0.05) is 12.1 Å². The predicted molar refractivity (Wildman–Crippen MR) is 115 cm³/mol. The molecule has 29 heavy (non-hydrogen) atoms. The minimum Gasteiger partial charge on any atom is -0.495 e. The minimum absolute atomic E-state index is 0.0706. The Morgan fingerprint density at radius 2 is 1.90 bits per heavy atom. The zero-order chi connectivity index (χ0) is 20.4. The number of nitro groups is 1. The van der Waals surface area contributed by atoms with Crippen LogP contribution in [-0.2, 0) is 6.54 Å². The van der Waals surface area contributed by atoms with E-state index in [1.54, 1.807) is 19.2 Å². The lowest BCUT2D eigenvalue weighted by atomic mass is 10.00. The van der Waals surface area contributed by atoms with Crippen molar-refractivity contribution in [3.05, 3.63) is 88.2 Å². The van der Waals surface area contributed by atoms with Crippen molar-refractivity contribution in [1.82, 2.24) is 9.47 Å². The summed E-state index contributed by atoms with van der Waals surface area (Å²) < 4.78 is 7.60. The fourth-order valence-electron chi connectivity index (χ4n) is 3.67. The molecule has 0 radical (unpaired) electrons. The van der Waals surface area contributed by atoms with Crippen molar-refractivity contribution in [2.24, 2.45) is 0 Å². The van der Waals surface area contributed by atoms with Gasteiger partial charge in [0.1, 0.15) is 5.75 Å². The number of hydrogen-bond acceptors (Lipinski definition) is 4. The molecule has 0 fully saturated rings. The summed E-state index contributed by atoms with van der Waals surface area (Å²) in [5.74, 6) is 0.710. The second-order valence-corrected chi connectivity index (χ2v) is 7.09. The number of nitro benzene ring substituents is 1. The first-order valence-electron chi connectivity index (χ1n) is 9.18. The van der Waals surface area contributed by atoms with Gasteiger partial charge in [0.2, 0.25) is 0 Å². The molecule has 0 saturated heterocycles. The highest BCUT2D eigenvalue weighted by Crippen LogP contribution is 2.34. The number of thiocarbonyl (C=S) groups is 1. The molecule has 7 nitrogen and oxygen atoms in total. The van der Waals surface area contributed by atoms with Gasteiger partial charge in [0, 0.05) is 37.1 Å². The molecular weight excluding hydrogens is 388 g/mol. The maximum absolute atomic E-state index is 11.0. The topological polar surface area (TPSA) is 72.6 Å². The Hall–Kier alpha value is -3.39. The Labute approximate surface area is 173 Å². The minimum atomic E-state index is -0.390. The summed E-state index contributed by atoms with van der Waals surface area (Å²) in [5, 5.41) is 14.9. The number of para-hydroxylation sites is 2. The first-order chi connectivity index (χ1) is 14.1. The Balaban J connectivity index is 1.67. The maximum Gasteiger partial charge on any atom is 0.269 e. The van der Waals surface area contributed by atoms with E-state index in [4.69, 9.17) is 17.0 Å². The van der Waals surface area contributed by atoms with E-state index in [0.717, 1.165) is 23.5 Å². The summed E-state index contributed by atoms with van der Waals surface area (Å²) in [7, 11) is 1.62. The summed E-state index contributed by atoms with van der Waals surface area (Å²) in [5.41, 5.74) is 2.90. The van der Waals surface area contributed by atoms with E-state index >= 15 is 0 Å². The highest BCUT2D eigenvalue weighted by molar-refractivity contribution is 7.80. The third-order valence-corrected chi connectivity index (χ3v) is 5.40. The second-order valence-electron chi connectivity index (χ2n) is 6.70. The Morgan fingerprint density at radius 1 is 1.14 bits per heavy atom. The van der Waals surface area contributed by atoms with Crippen molar-refractivity contribution in [3.8, 4) is 5.75 Å². The fraction of sp³-hybridized carbons (Fsp3) is 0.190. The standard InChI is InChI=1S/C21H20N4O3S/c1-28-19-7-3-2-5-17(19)22-21(29)24-14-13-23-12-4-6-18(23)20(24)15-8-10-16(11-9-15)25(26)27/h2-12,20H,13-14H2,1H3,(H,22,29)/t20-/m1/s1. The van der Waals surface area contributed by atoms with E-state index in [9.17, 15) is 10.1 Å². The number of non-ortho nitro benzene ring substituents is 1. The number of fused-ring (bicyclic) bond motifs is 1. The number of ether oxygens (including phenoxy) is 1. The monoisotopic (exact) mass is 408 g/mol. The summed E-state index contributed by atoms with van der Waals surface area (Å²) >= 11 is 5.75. The van der Waals surface area contributed by atoms with Gasteiger partial charge in [0.25, 0.3) is 5.69 Å². The lowest BCUT2D eigenvalue weighted by molar-refractivity contribution is -0.384. The quantitative estimate of drug-likeness (QED) is 0.396. The smallest absolute Gasteiger partial charge is 0.269 e. The maximum atomic E-state index is 11.0. The van der Waals surface area contributed by atoms with Crippen LogP contribution in [0.4, 0.5) is 11.4 Å². The molecule has 3 aromatic rings. The highest BCUT2D eigenvalue weighted by atomic mass is 32.1. The molecule has 4 rings (SSSR count). The number of benzene rings is 2. The molecule has 1 atom stereocenters. The van der Waals surface area contributed by atoms with Crippen molar-refractivity contribution >= 4 is 28.7 Å². The molecular formula is C21H20N4O3S. The van der Waals surface area contributed by atoms with Gasteiger partial charge in [-0.15, -0.1) is 0 Å². The van der Waals surface area contributed by atoms with Crippen molar-refractivity contribution in [1.29, 1.82) is 0 Å². The third kappa shape index (κ3) is 3.66. The van der Waals surface area contributed by atoms with Crippen LogP contribution in [-0.4, -0.2) is 33.2 Å². The van der Waals surface area contributed by atoms with Crippen LogP contribution in [0.25, 0.3) is 0 Å². The van der Waals surface area contributed by atoms with Crippen LogP contribution in [0.15, 0.2) is 66.9 Å². The van der Waals surface area contributed by atoms with Crippen molar-refractivity contribution < 1.29 is 9.66 Å². The van der Waals surface area contributed by atoms with Gasteiger partial charge in [0.15, 0.2) is 5.11 Å². The van der Waals surface area contributed by atoms with E-state index in [-0.39, 0.29) is 16.7 Å². The molecule has 1 aliphatic heterocycles. The van der Waals surface area contributed by atoms with Gasteiger partial charge >= 0.3 is 0 Å². The zero-order valence-electron chi connectivity index (χ0n) is 15.8. The molecule has 1 N–H and O–H groups in total. The molecule has 2 heterocycles. The van der Waals surface area contributed by atoms with E-state index in [1.165, 1.54) is 12.1 Å². The number of rotatable bonds is 4. The highest BCUT2D eigenvalue weighted by Gasteiger charge is 2.31. The average molecular weight is 408 g/mol. The fourth-order valence-corrected chi connectivity index (χ4v) is 3.97. The number of methoxy groups -OCH3 is 1. The molecule has 0 aliphatic carbocycles.